The van der Waals surface area contributed by atoms with Crippen LogP contribution in [0.5, 0.6) is 5.75 Å². The van der Waals surface area contributed by atoms with Crippen LogP contribution in [0, 0.1) is 12.7 Å². The summed E-state index contributed by atoms with van der Waals surface area (Å²) in [5.74, 6) is 0.448. The van der Waals surface area contributed by atoms with Gasteiger partial charge in [-0.3, -0.25) is 4.98 Å². The van der Waals surface area contributed by atoms with Crippen LogP contribution in [0.4, 0.5) is 4.39 Å². The molecule has 0 bridgehead atoms. The van der Waals surface area contributed by atoms with Gasteiger partial charge in [0.15, 0.2) is 0 Å². The second-order valence-corrected chi connectivity index (χ2v) is 5.24. The van der Waals surface area contributed by atoms with Crippen molar-refractivity contribution in [2.75, 3.05) is 6.61 Å². The second kappa shape index (κ2) is 4.87. The lowest BCUT2D eigenvalue weighted by Gasteiger charge is -2.28. The van der Waals surface area contributed by atoms with Gasteiger partial charge in [0.05, 0.1) is 12.1 Å². The zero-order valence-corrected chi connectivity index (χ0v) is 11.4. The molecular weight excluding hydrogens is 255 g/mol. The van der Waals surface area contributed by atoms with Crippen molar-refractivity contribution in [2.24, 2.45) is 5.73 Å². The Morgan fingerprint density at radius 1 is 1.35 bits per heavy atom. The predicted molar refractivity (Wildman–Crippen MR) is 75.1 cm³/mol. The first kappa shape index (κ1) is 13.1. The summed E-state index contributed by atoms with van der Waals surface area (Å²) in [7, 11) is 0. The lowest BCUT2D eigenvalue weighted by atomic mass is 9.82. The van der Waals surface area contributed by atoms with E-state index in [9.17, 15) is 4.39 Å². The van der Waals surface area contributed by atoms with E-state index in [-0.39, 0.29) is 5.82 Å². The molecule has 1 aromatic carbocycles. The fourth-order valence-corrected chi connectivity index (χ4v) is 2.64. The van der Waals surface area contributed by atoms with Gasteiger partial charge in [0.25, 0.3) is 0 Å². The maximum atomic E-state index is 13.9. The molecule has 1 aliphatic rings. The summed E-state index contributed by atoms with van der Waals surface area (Å²) >= 11 is 0. The monoisotopic (exact) mass is 272 g/mol. The third kappa shape index (κ3) is 2.06. The summed E-state index contributed by atoms with van der Waals surface area (Å²) in [5.41, 5.74) is 7.84. The number of nitrogens with zero attached hydrogens (tertiary/aromatic N) is 1. The molecule has 1 aliphatic heterocycles. The van der Waals surface area contributed by atoms with Crippen molar-refractivity contribution in [3.63, 3.8) is 0 Å². The molecule has 2 aromatic rings. The van der Waals surface area contributed by atoms with Gasteiger partial charge in [-0.2, -0.15) is 0 Å². The van der Waals surface area contributed by atoms with Crippen LogP contribution in [0.25, 0.3) is 0 Å². The lowest BCUT2D eigenvalue weighted by molar-refractivity contribution is 0.314. The highest BCUT2D eigenvalue weighted by Crippen LogP contribution is 2.38. The number of ether oxygens (including phenoxy) is 1. The summed E-state index contributed by atoms with van der Waals surface area (Å²) in [6.45, 7) is 2.34. The molecule has 0 fully saturated rings. The summed E-state index contributed by atoms with van der Waals surface area (Å²) in [6, 6.07) is 8.83. The molecule has 0 radical (unpaired) electrons. The van der Waals surface area contributed by atoms with Crippen LogP contribution in [0.1, 0.15) is 29.7 Å². The fraction of sp³-hybridized carbons (Fsp3) is 0.312. The number of hydrogen-bond donors (Lipinski definition) is 1. The predicted octanol–water partition coefficient (Wildman–Crippen LogP) is 2.90. The lowest BCUT2D eigenvalue weighted by Crippen LogP contribution is -2.38. The molecule has 2 heterocycles. The largest absolute Gasteiger partial charge is 0.492 e. The normalized spacial score (nSPS) is 21.8. The third-order valence-corrected chi connectivity index (χ3v) is 3.85. The summed E-state index contributed by atoms with van der Waals surface area (Å²) < 4.78 is 19.6. The van der Waals surface area contributed by atoms with E-state index in [0.717, 1.165) is 12.0 Å². The Kier molecular flexibility index (Phi) is 3.18. The van der Waals surface area contributed by atoms with Gasteiger partial charge < -0.3 is 10.5 Å². The Balaban J connectivity index is 2.17. The molecule has 1 atom stereocenters. The molecule has 3 rings (SSSR count). The molecule has 2 N–H and O–H groups in total. The van der Waals surface area contributed by atoms with Gasteiger partial charge in [-0.15, -0.1) is 0 Å². The number of rotatable bonds is 1. The van der Waals surface area contributed by atoms with Crippen molar-refractivity contribution in [1.29, 1.82) is 0 Å². The van der Waals surface area contributed by atoms with Crippen LogP contribution in [-0.2, 0) is 5.54 Å². The molecule has 0 unspecified atom stereocenters. The number of aryl methyl sites for hydroxylation is 1. The van der Waals surface area contributed by atoms with Crippen LogP contribution < -0.4 is 10.5 Å². The van der Waals surface area contributed by atoms with E-state index in [1.807, 2.05) is 18.2 Å². The van der Waals surface area contributed by atoms with Crippen molar-refractivity contribution in [1.82, 2.24) is 4.98 Å². The van der Waals surface area contributed by atoms with Gasteiger partial charge in [-0.25, -0.2) is 4.39 Å². The molecule has 0 saturated carbocycles. The maximum Gasteiger partial charge on any atom is 0.143 e. The number of aromatic nitrogens is 1. The summed E-state index contributed by atoms with van der Waals surface area (Å²) in [5, 5.41) is 0. The van der Waals surface area contributed by atoms with Gasteiger partial charge in [-0.05, 0) is 49.1 Å². The van der Waals surface area contributed by atoms with E-state index in [0.29, 0.717) is 30.0 Å². The zero-order chi connectivity index (χ0) is 14.2. The van der Waals surface area contributed by atoms with E-state index >= 15 is 0 Å². The Bertz CT molecular complexity index is 644. The van der Waals surface area contributed by atoms with Crippen molar-refractivity contribution >= 4 is 0 Å². The van der Waals surface area contributed by atoms with E-state index in [4.69, 9.17) is 10.5 Å². The van der Waals surface area contributed by atoms with Gasteiger partial charge in [0.1, 0.15) is 17.3 Å². The maximum absolute atomic E-state index is 13.9. The standard InChI is InChI=1S/C16H17FN2O/c1-11-5-6-12(10-13(11)17)16(18)7-3-9-20-14-4-2-8-19-15(14)16/h2,4-6,8,10H,3,7,9,18H2,1H3/t16-/m0/s1. The average Bonchev–Trinajstić information content (AvgIpc) is 2.63. The number of fused-ring (bicyclic) bond motifs is 1. The number of benzene rings is 1. The topological polar surface area (TPSA) is 48.1 Å². The first-order valence-electron chi connectivity index (χ1n) is 6.75. The molecule has 104 valence electrons. The first-order chi connectivity index (χ1) is 9.61. The number of pyridine rings is 1. The second-order valence-electron chi connectivity index (χ2n) is 5.24. The molecule has 20 heavy (non-hydrogen) atoms. The van der Waals surface area contributed by atoms with Gasteiger partial charge in [0, 0.05) is 6.20 Å². The molecule has 0 aliphatic carbocycles. The van der Waals surface area contributed by atoms with Gasteiger partial charge in [-0.1, -0.05) is 12.1 Å². The molecular formula is C16H17FN2O. The molecule has 0 saturated heterocycles. The number of hydrogen-bond acceptors (Lipinski definition) is 3. The molecule has 4 heteroatoms. The Morgan fingerprint density at radius 3 is 3.00 bits per heavy atom. The van der Waals surface area contributed by atoms with Crippen LogP contribution in [0.2, 0.25) is 0 Å². The van der Waals surface area contributed by atoms with E-state index in [1.165, 1.54) is 6.07 Å². The van der Waals surface area contributed by atoms with E-state index in [2.05, 4.69) is 4.98 Å². The number of nitrogens with two attached hydrogens (primary N) is 1. The number of halogens is 1. The van der Waals surface area contributed by atoms with E-state index in [1.54, 1.807) is 19.2 Å². The summed E-state index contributed by atoms with van der Waals surface area (Å²) in [6.07, 6.45) is 3.18. The zero-order valence-electron chi connectivity index (χ0n) is 11.4. The smallest absolute Gasteiger partial charge is 0.143 e. The van der Waals surface area contributed by atoms with Gasteiger partial charge in [0.2, 0.25) is 0 Å². The van der Waals surface area contributed by atoms with Gasteiger partial charge >= 0.3 is 0 Å². The first-order valence-corrected chi connectivity index (χ1v) is 6.75. The van der Waals surface area contributed by atoms with Crippen LogP contribution in [-0.4, -0.2) is 11.6 Å². The van der Waals surface area contributed by atoms with Crippen LogP contribution in [0.3, 0.4) is 0 Å². The third-order valence-electron chi connectivity index (χ3n) is 3.85. The highest BCUT2D eigenvalue weighted by Gasteiger charge is 2.35. The fourth-order valence-electron chi connectivity index (χ4n) is 2.64. The Morgan fingerprint density at radius 2 is 2.20 bits per heavy atom. The van der Waals surface area contributed by atoms with Crippen LogP contribution >= 0.6 is 0 Å². The molecule has 3 nitrogen and oxygen atoms in total. The van der Waals surface area contributed by atoms with E-state index < -0.39 is 5.54 Å². The minimum atomic E-state index is -0.804. The average molecular weight is 272 g/mol. The highest BCUT2D eigenvalue weighted by molar-refractivity contribution is 5.43. The molecule has 0 amide bonds. The van der Waals surface area contributed by atoms with Crippen LogP contribution in [0.15, 0.2) is 36.5 Å². The SMILES string of the molecule is Cc1ccc([C@@]2(N)CCCOc3cccnc32)cc1F. The van der Waals surface area contributed by atoms with Crippen molar-refractivity contribution in [3.05, 3.63) is 59.2 Å². The Hall–Kier alpha value is -1.94. The summed E-state index contributed by atoms with van der Waals surface area (Å²) in [4.78, 5) is 4.39. The Labute approximate surface area is 117 Å². The molecule has 1 aromatic heterocycles. The minimum absolute atomic E-state index is 0.241. The quantitative estimate of drug-likeness (QED) is 0.868. The highest BCUT2D eigenvalue weighted by atomic mass is 19.1. The van der Waals surface area contributed by atoms with Crippen molar-refractivity contribution in [3.8, 4) is 5.75 Å². The van der Waals surface area contributed by atoms with Crippen molar-refractivity contribution < 1.29 is 9.13 Å². The molecule has 0 spiro atoms. The van der Waals surface area contributed by atoms with Crippen molar-refractivity contribution in [2.45, 2.75) is 25.3 Å². The minimum Gasteiger partial charge on any atom is -0.492 e.